The van der Waals surface area contributed by atoms with Gasteiger partial charge in [-0.1, -0.05) is 139 Å². The van der Waals surface area contributed by atoms with E-state index < -0.39 is 0 Å². The summed E-state index contributed by atoms with van der Waals surface area (Å²) in [7, 11) is 0. The summed E-state index contributed by atoms with van der Waals surface area (Å²) in [5.41, 5.74) is 8.56. The van der Waals surface area contributed by atoms with Crippen molar-refractivity contribution in [3.05, 3.63) is 153 Å². The molecule has 0 radical (unpaired) electrons. The molecule has 0 fully saturated rings. The smallest absolute Gasteiger partial charge is 0.655 e. The van der Waals surface area contributed by atoms with Crippen LogP contribution in [0.3, 0.4) is 0 Å². The quantitative estimate of drug-likeness (QED) is 0.197. The van der Waals surface area contributed by atoms with Crippen molar-refractivity contribution < 1.29 is 37.7 Å². The van der Waals surface area contributed by atoms with Crippen molar-refractivity contribution in [3.8, 4) is 0 Å². The van der Waals surface area contributed by atoms with Gasteiger partial charge in [-0.05, 0) is 48.2 Å². The minimum atomic E-state index is 0. The monoisotopic (exact) mass is 556 g/mol. The first kappa shape index (κ1) is 33.8. The molecule has 0 N–H and O–H groups in total. The molecule has 4 aromatic carbocycles. The molecular formula is C37H42Li2N4. The van der Waals surface area contributed by atoms with Crippen LogP contribution in [0.4, 0.5) is 0 Å². The molecule has 2 aliphatic rings. The summed E-state index contributed by atoms with van der Waals surface area (Å²) in [6.07, 6.45) is 3.23. The van der Waals surface area contributed by atoms with E-state index in [4.69, 9.17) is 10.6 Å². The van der Waals surface area contributed by atoms with E-state index >= 15 is 0 Å². The molecule has 0 spiro atoms. The Morgan fingerprint density at radius 2 is 0.860 bits per heavy atom. The maximum Gasteiger partial charge on any atom is 1.00 e. The molecular weight excluding hydrogens is 514 g/mol. The first-order valence-electron chi connectivity index (χ1n) is 15.3. The van der Waals surface area contributed by atoms with Gasteiger partial charge in [-0.2, -0.15) is 13.1 Å². The van der Waals surface area contributed by atoms with Crippen LogP contribution in [0, 0.1) is 0 Å². The summed E-state index contributed by atoms with van der Waals surface area (Å²) in [6.45, 7) is 7.86. The Kier molecular flexibility index (Phi) is 13.7. The van der Waals surface area contributed by atoms with Crippen LogP contribution >= 0.6 is 0 Å². The van der Waals surface area contributed by atoms with E-state index in [1.165, 1.54) is 33.4 Å². The van der Waals surface area contributed by atoms with Gasteiger partial charge >= 0.3 is 37.7 Å². The average molecular weight is 557 g/mol. The van der Waals surface area contributed by atoms with E-state index in [1.54, 1.807) is 0 Å². The Bertz CT molecular complexity index is 1260. The van der Waals surface area contributed by atoms with Crippen molar-refractivity contribution >= 4 is 0 Å². The third-order valence-electron chi connectivity index (χ3n) is 8.67. The van der Waals surface area contributed by atoms with Gasteiger partial charge in [0.25, 0.3) is 0 Å². The molecule has 2 aliphatic heterocycles. The van der Waals surface area contributed by atoms with Gasteiger partial charge in [-0.3, -0.25) is 9.80 Å². The first-order valence-corrected chi connectivity index (χ1v) is 15.3. The molecule has 0 saturated carbocycles. The summed E-state index contributed by atoms with van der Waals surface area (Å²) in [6, 6.07) is 39.9. The van der Waals surface area contributed by atoms with Crippen LogP contribution in [0.15, 0.2) is 109 Å². The number of rotatable bonds is 12. The predicted octanol–water partition coefficient (Wildman–Crippen LogP) is 1.73. The Morgan fingerprint density at radius 3 is 1.28 bits per heavy atom. The normalized spacial score (nSPS) is 16.2. The summed E-state index contributed by atoms with van der Waals surface area (Å²) >= 11 is 0. The Labute approximate surface area is 283 Å². The zero-order valence-corrected chi connectivity index (χ0v) is 26.1. The van der Waals surface area contributed by atoms with Gasteiger partial charge in [0.15, 0.2) is 0 Å². The SMILES string of the molecule is [Li+].[Li+].c1ccc(C(CN2CCc3ccccc3C2)[N-]CCC[N-][C@H](CN2CCc3ccccc3C2)c2ccccc2)cc1. The summed E-state index contributed by atoms with van der Waals surface area (Å²) < 4.78 is 0. The first-order chi connectivity index (χ1) is 20.3. The summed E-state index contributed by atoms with van der Waals surface area (Å²) in [5, 5.41) is 10.5. The van der Waals surface area contributed by atoms with Gasteiger partial charge in [-0.25, -0.2) is 0 Å². The molecule has 212 valence electrons. The van der Waals surface area contributed by atoms with Gasteiger partial charge in [-0.15, -0.1) is 0 Å². The van der Waals surface area contributed by atoms with Gasteiger partial charge in [0, 0.05) is 26.2 Å². The zero-order chi connectivity index (χ0) is 27.7. The van der Waals surface area contributed by atoms with Crippen LogP contribution in [-0.4, -0.2) is 49.1 Å². The Hall–Kier alpha value is -2.09. The predicted molar refractivity (Wildman–Crippen MR) is 170 cm³/mol. The van der Waals surface area contributed by atoms with Crippen LogP contribution in [0.1, 0.15) is 51.9 Å². The van der Waals surface area contributed by atoms with Crippen molar-refractivity contribution in [2.75, 3.05) is 39.3 Å². The number of hydrogen-bond acceptors (Lipinski definition) is 2. The molecule has 0 saturated heterocycles. The van der Waals surface area contributed by atoms with Crippen molar-refractivity contribution in [1.82, 2.24) is 9.80 Å². The van der Waals surface area contributed by atoms with Crippen LogP contribution in [-0.2, 0) is 25.9 Å². The molecule has 43 heavy (non-hydrogen) atoms. The van der Waals surface area contributed by atoms with E-state index in [2.05, 4.69) is 119 Å². The second-order valence-corrected chi connectivity index (χ2v) is 11.5. The van der Waals surface area contributed by atoms with E-state index in [-0.39, 0.29) is 49.8 Å². The van der Waals surface area contributed by atoms with Gasteiger partial charge in [0.05, 0.1) is 0 Å². The average Bonchev–Trinajstić information content (AvgIpc) is 3.04. The third kappa shape index (κ3) is 9.45. The minimum absolute atomic E-state index is 0. The van der Waals surface area contributed by atoms with Crippen molar-refractivity contribution in [2.24, 2.45) is 0 Å². The van der Waals surface area contributed by atoms with Gasteiger partial charge in [0.1, 0.15) is 0 Å². The van der Waals surface area contributed by atoms with E-state index in [0.29, 0.717) is 0 Å². The summed E-state index contributed by atoms with van der Waals surface area (Å²) in [5.74, 6) is 0. The van der Waals surface area contributed by atoms with Crippen LogP contribution in [0.2, 0.25) is 0 Å². The molecule has 4 nitrogen and oxygen atoms in total. The fourth-order valence-corrected chi connectivity index (χ4v) is 6.36. The largest absolute Gasteiger partial charge is 1.00 e. The van der Waals surface area contributed by atoms with E-state index in [9.17, 15) is 0 Å². The zero-order valence-electron chi connectivity index (χ0n) is 26.1. The second-order valence-electron chi connectivity index (χ2n) is 11.5. The molecule has 6 rings (SSSR count). The van der Waals surface area contributed by atoms with Crippen LogP contribution < -0.4 is 37.7 Å². The molecule has 6 heteroatoms. The van der Waals surface area contributed by atoms with Crippen molar-refractivity contribution in [2.45, 2.75) is 44.4 Å². The van der Waals surface area contributed by atoms with Crippen molar-refractivity contribution in [1.29, 1.82) is 0 Å². The maximum atomic E-state index is 5.24. The standard InChI is InChI=1S/C37H42N4.2Li/c1-3-14-32(15-4-1)36(28-40-24-20-30-12-7-9-18-34(30)26-40)38-22-11-23-39-37(33-16-5-2-6-17-33)29-41-25-21-31-13-8-10-19-35(31)27-41;;/h1-10,12-19,36-37H,11,20-29H2;;/q-2;2*+1/t36-,37?;;/m1../s1. The fraction of sp³-hybridized carbons (Fsp3) is 0.351. The van der Waals surface area contributed by atoms with Gasteiger partial charge < -0.3 is 10.6 Å². The van der Waals surface area contributed by atoms with Gasteiger partial charge in [0.2, 0.25) is 0 Å². The molecule has 2 atom stereocenters. The topological polar surface area (TPSA) is 34.7 Å². The second kappa shape index (κ2) is 17.4. The molecule has 4 aromatic rings. The summed E-state index contributed by atoms with van der Waals surface area (Å²) in [4.78, 5) is 5.16. The maximum absolute atomic E-state index is 5.24. The molecule has 0 bridgehead atoms. The fourth-order valence-electron chi connectivity index (χ4n) is 6.36. The Balaban J connectivity index is 0.00000212. The van der Waals surface area contributed by atoms with Crippen LogP contribution in [0.25, 0.3) is 10.6 Å². The molecule has 0 amide bonds. The number of fused-ring (bicyclic) bond motifs is 2. The molecule has 0 aromatic heterocycles. The third-order valence-corrected chi connectivity index (χ3v) is 8.67. The van der Waals surface area contributed by atoms with E-state index in [0.717, 1.165) is 71.6 Å². The van der Waals surface area contributed by atoms with E-state index in [1.807, 2.05) is 0 Å². The minimum Gasteiger partial charge on any atom is -0.655 e. The van der Waals surface area contributed by atoms with Crippen LogP contribution in [0.5, 0.6) is 0 Å². The number of hydrogen-bond donors (Lipinski definition) is 0. The molecule has 2 heterocycles. The molecule has 1 unspecified atom stereocenters. The number of benzene rings is 4. The molecule has 0 aliphatic carbocycles. The Morgan fingerprint density at radius 1 is 0.488 bits per heavy atom. The number of nitrogens with zero attached hydrogens (tertiary/aromatic N) is 4. The van der Waals surface area contributed by atoms with Crippen molar-refractivity contribution in [3.63, 3.8) is 0 Å².